The Bertz CT molecular complexity index is 1350. The fraction of sp³-hybridized carbons (Fsp3) is 0.444. The molecule has 12 heteroatoms. The second kappa shape index (κ2) is 11.7. The van der Waals surface area contributed by atoms with E-state index in [9.17, 15) is 23.6 Å². The highest BCUT2D eigenvalue weighted by atomic mass is 19.1. The van der Waals surface area contributed by atoms with Gasteiger partial charge in [-0.2, -0.15) is 5.26 Å². The minimum Gasteiger partial charge on any atom is -0.432 e. The van der Waals surface area contributed by atoms with Gasteiger partial charge in [0.05, 0.1) is 36.0 Å². The number of anilines is 1. The Morgan fingerprint density at radius 2 is 1.92 bits per heavy atom. The van der Waals surface area contributed by atoms with E-state index in [4.69, 9.17) is 19.5 Å². The molecule has 1 N–H and O–H groups in total. The molecule has 0 aliphatic carbocycles. The van der Waals surface area contributed by atoms with Crippen LogP contribution < -0.4 is 5.32 Å². The third-order valence-electron chi connectivity index (χ3n) is 6.77. The minimum absolute atomic E-state index is 0.0331. The molecular formula is C27H31FN4O7. The van der Waals surface area contributed by atoms with E-state index in [1.807, 2.05) is 6.92 Å². The SMILES string of the molecule is CCC1(N(COC(=O)OC(C)C)C(=O)C(=O)c2c(C)c(C(=O)Nc3ccc(F)c(C#N)c3)n(C)c2C)COC1. The molecule has 208 valence electrons. The summed E-state index contributed by atoms with van der Waals surface area (Å²) in [4.78, 5) is 53.5. The van der Waals surface area contributed by atoms with E-state index in [2.05, 4.69) is 5.32 Å². The number of amides is 2. The Morgan fingerprint density at radius 1 is 1.26 bits per heavy atom. The Balaban J connectivity index is 1.91. The zero-order valence-electron chi connectivity index (χ0n) is 22.7. The van der Waals surface area contributed by atoms with E-state index >= 15 is 0 Å². The summed E-state index contributed by atoms with van der Waals surface area (Å²) in [7, 11) is 1.57. The third-order valence-corrected chi connectivity index (χ3v) is 6.77. The van der Waals surface area contributed by atoms with Crippen molar-refractivity contribution in [1.82, 2.24) is 9.47 Å². The zero-order chi connectivity index (χ0) is 29.1. The van der Waals surface area contributed by atoms with Crippen molar-refractivity contribution in [3.8, 4) is 6.07 Å². The van der Waals surface area contributed by atoms with Gasteiger partial charge in [0.2, 0.25) is 0 Å². The van der Waals surface area contributed by atoms with Crippen LogP contribution in [0.2, 0.25) is 0 Å². The molecular weight excluding hydrogens is 511 g/mol. The van der Waals surface area contributed by atoms with Crippen LogP contribution in [0.4, 0.5) is 14.9 Å². The normalized spacial score (nSPS) is 13.7. The standard InChI is InChI=1S/C27H31FN4O7/c1-7-27(12-37-13-27)32(14-38-26(36)39-15(2)3)25(35)23(33)21-16(4)22(31(6)17(21)5)24(34)30-19-8-9-20(28)18(10-19)11-29/h8-10,15H,7,12-14H2,1-6H3,(H,30,34). The van der Waals surface area contributed by atoms with E-state index in [0.29, 0.717) is 12.1 Å². The first kappa shape index (κ1) is 29.3. The summed E-state index contributed by atoms with van der Waals surface area (Å²) >= 11 is 0. The molecule has 0 bridgehead atoms. The summed E-state index contributed by atoms with van der Waals surface area (Å²) < 4.78 is 30.6. The van der Waals surface area contributed by atoms with Crippen molar-refractivity contribution < 1.29 is 37.8 Å². The van der Waals surface area contributed by atoms with Gasteiger partial charge in [-0.3, -0.25) is 19.3 Å². The average molecular weight is 543 g/mol. The summed E-state index contributed by atoms with van der Waals surface area (Å²) in [5, 5.41) is 11.7. The minimum atomic E-state index is -0.979. The molecule has 1 saturated heterocycles. The number of hydrogen-bond donors (Lipinski definition) is 1. The highest BCUT2D eigenvalue weighted by Crippen LogP contribution is 2.31. The number of nitrogens with zero attached hydrogens (tertiary/aromatic N) is 3. The molecule has 3 rings (SSSR count). The molecule has 0 saturated carbocycles. The zero-order valence-corrected chi connectivity index (χ0v) is 22.7. The second-order valence-electron chi connectivity index (χ2n) is 9.58. The van der Waals surface area contributed by atoms with E-state index < -0.39 is 47.9 Å². The van der Waals surface area contributed by atoms with Crippen molar-refractivity contribution >= 4 is 29.4 Å². The van der Waals surface area contributed by atoms with Crippen molar-refractivity contribution in [2.24, 2.45) is 7.05 Å². The number of aromatic nitrogens is 1. The van der Waals surface area contributed by atoms with Crippen molar-refractivity contribution in [2.75, 3.05) is 25.3 Å². The maximum absolute atomic E-state index is 13.7. The molecule has 0 unspecified atom stereocenters. The first-order valence-corrected chi connectivity index (χ1v) is 12.3. The molecule has 11 nitrogen and oxygen atoms in total. The van der Waals surface area contributed by atoms with Gasteiger partial charge in [-0.1, -0.05) is 6.92 Å². The number of carbonyl (C=O) groups is 4. The molecule has 1 aliphatic heterocycles. The van der Waals surface area contributed by atoms with Gasteiger partial charge in [0.1, 0.15) is 17.6 Å². The van der Waals surface area contributed by atoms with Crippen LogP contribution in [-0.4, -0.2) is 64.8 Å². The molecule has 2 aromatic rings. The molecule has 1 aromatic carbocycles. The molecule has 39 heavy (non-hydrogen) atoms. The van der Waals surface area contributed by atoms with Crippen molar-refractivity contribution in [3.63, 3.8) is 0 Å². The lowest BCUT2D eigenvalue weighted by Crippen LogP contribution is -2.65. The summed E-state index contributed by atoms with van der Waals surface area (Å²) in [5.41, 5.74) is -0.141. The fourth-order valence-electron chi connectivity index (χ4n) is 4.39. The summed E-state index contributed by atoms with van der Waals surface area (Å²) in [6, 6.07) is 5.27. The second-order valence-corrected chi connectivity index (χ2v) is 9.58. The fourth-order valence-corrected chi connectivity index (χ4v) is 4.39. The summed E-state index contributed by atoms with van der Waals surface area (Å²) in [6.07, 6.45) is -0.971. The molecule has 1 aliphatic rings. The molecule has 0 atom stereocenters. The molecule has 0 spiro atoms. The van der Waals surface area contributed by atoms with Crippen LogP contribution in [0, 0.1) is 31.0 Å². The van der Waals surface area contributed by atoms with E-state index in [-0.39, 0.29) is 41.3 Å². The number of benzene rings is 1. The maximum atomic E-state index is 13.7. The van der Waals surface area contributed by atoms with Gasteiger partial charge in [0.15, 0.2) is 6.73 Å². The number of nitriles is 1. The molecule has 1 fully saturated rings. The van der Waals surface area contributed by atoms with Gasteiger partial charge in [0.25, 0.3) is 17.6 Å². The van der Waals surface area contributed by atoms with Crippen molar-refractivity contribution in [2.45, 2.75) is 52.7 Å². The van der Waals surface area contributed by atoms with Crippen molar-refractivity contribution in [1.29, 1.82) is 5.26 Å². The number of hydrogen-bond acceptors (Lipinski definition) is 8. The highest BCUT2D eigenvalue weighted by Gasteiger charge is 2.48. The Hall–Kier alpha value is -4.24. The highest BCUT2D eigenvalue weighted by molar-refractivity contribution is 6.43. The van der Waals surface area contributed by atoms with Gasteiger partial charge in [-0.15, -0.1) is 0 Å². The number of ether oxygens (including phenoxy) is 3. The van der Waals surface area contributed by atoms with Gasteiger partial charge >= 0.3 is 6.16 Å². The van der Waals surface area contributed by atoms with Gasteiger partial charge in [0, 0.05) is 18.4 Å². The van der Waals surface area contributed by atoms with Gasteiger partial charge in [-0.05, 0) is 57.9 Å². The van der Waals surface area contributed by atoms with E-state index in [1.54, 1.807) is 33.9 Å². The number of Topliss-reactive ketones (excluding diaryl/α,β-unsaturated/α-hetero) is 1. The average Bonchev–Trinajstić information content (AvgIpc) is 3.08. The van der Waals surface area contributed by atoms with Crippen LogP contribution in [0.3, 0.4) is 0 Å². The molecule has 1 aromatic heterocycles. The molecule has 2 heterocycles. The Labute approximate surface area is 225 Å². The number of rotatable bonds is 9. The maximum Gasteiger partial charge on any atom is 0.510 e. The van der Waals surface area contributed by atoms with Gasteiger partial charge in [-0.25, -0.2) is 9.18 Å². The number of nitrogens with one attached hydrogen (secondary N) is 1. The lowest BCUT2D eigenvalue weighted by molar-refractivity contribution is -0.177. The number of ketones is 1. The van der Waals surface area contributed by atoms with Crippen LogP contribution in [0.5, 0.6) is 0 Å². The van der Waals surface area contributed by atoms with Crippen LogP contribution >= 0.6 is 0 Å². The monoisotopic (exact) mass is 542 g/mol. The van der Waals surface area contributed by atoms with Crippen LogP contribution in [-0.2, 0) is 26.1 Å². The Kier molecular flexibility index (Phi) is 8.76. The first-order chi connectivity index (χ1) is 18.4. The van der Waals surface area contributed by atoms with Crippen LogP contribution in [0.15, 0.2) is 18.2 Å². The predicted molar refractivity (Wildman–Crippen MR) is 137 cm³/mol. The molecule has 2 amide bonds. The van der Waals surface area contributed by atoms with Crippen LogP contribution in [0.25, 0.3) is 0 Å². The summed E-state index contributed by atoms with van der Waals surface area (Å²) in [6.45, 7) is 8.06. The third kappa shape index (κ3) is 5.78. The summed E-state index contributed by atoms with van der Waals surface area (Å²) in [5.74, 6) is -3.14. The van der Waals surface area contributed by atoms with E-state index in [1.165, 1.54) is 28.5 Å². The Morgan fingerprint density at radius 3 is 2.46 bits per heavy atom. The first-order valence-electron chi connectivity index (χ1n) is 12.3. The smallest absolute Gasteiger partial charge is 0.432 e. The van der Waals surface area contributed by atoms with E-state index in [0.717, 1.165) is 6.07 Å². The van der Waals surface area contributed by atoms with Crippen LogP contribution in [0.1, 0.15) is 64.9 Å². The lowest BCUT2D eigenvalue weighted by Gasteiger charge is -2.48. The predicted octanol–water partition coefficient (Wildman–Crippen LogP) is 3.61. The largest absolute Gasteiger partial charge is 0.510 e. The van der Waals surface area contributed by atoms with Crippen molar-refractivity contribution in [3.05, 3.63) is 52.1 Å². The molecule has 0 radical (unpaired) electrons. The van der Waals surface area contributed by atoms with Gasteiger partial charge < -0.3 is 24.1 Å². The quantitative estimate of drug-likeness (QED) is 0.219. The number of halogens is 1. The lowest BCUT2D eigenvalue weighted by atomic mass is 9.91. The topological polar surface area (TPSA) is 140 Å². The number of carbonyl (C=O) groups excluding carboxylic acids is 4.